The third-order valence-corrected chi connectivity index (χ3v) is 0.871. The molecule has 0 saturated carbocycles. The van der Waals surface area contributed by atoms with E-state index >= 15 is 0 Å². The van der Waals surface area contributed by atoms with Gasteiger partial charge in [-0.25, -0.2) is 0 Å². The van der Waals surface area contributed by atoms with E-state index < -0.39 is 0 Å². The van der Waals surface area contributed by atoms with Crippen LogP contribution in [0.1, 0.15) is 0 Å². The molecule has 0 aliphatic rings. The first-order chi connectivity index (χ1) is 4.35. The van der Waals surface area contributed by atoms with Gasteiger partial charge in [0.15, 0.2) is 6.29 Å². The van der Waals surface area contributed by atoms with Gasteiger partial charge >= 0.3 is 0 Å². The third kappa shape index (κ3) is 4.35. The van der Waals surface area contributed by atoms with Crippen molar-refractivity contribution in [2.75, 3.05) is 27.6 Å². The smallest absolute Gasteiger partial charge is 0.180 e. The van der Waals surface area contributed by atoms with Crippen LogP contribution in [0.3, 0.4) is 0 Å². The number of ether oxygens (including phenoxy) is 3. The van der Waals surface area contributed by atoms with Gasteiger partial charge in [0.1, 0.15) is 13.4 Å². The number of aliphatic hydroxyl groups excluding tert-OH is 1. The zero-order valence-electron chi connectivity index (χ0n) is 5.66. The number of rotatable bonds is 5. The monoisotopic (exact) mass is 136 g/mol. The summed E-state index contributed by atoms with van der Waals surface area (Å²) in [4.78, 5) is 0. The highest BCUT2D eigenvalue weighted by Crippen LogP contribution is 1.89. The van der Waals surface area contributed by atoms with E-state index in [4.69, 9.17) is 14.6 Å². The second-order valence-electron chi connectivity index (χ2n) is 1.40. The molecular weight excluding hydrogens is 124 g/mol. The van der Waals surface area contributed by atoms with Crippen LogP contribution in [0.4, 0.5) is 0 Å². The predicted molar refractivity (Wildman–Crippen MR) is 30.8 cm³/mol. The molecule has 0 aliphatic carbocycles. The zero-order valence-corrected chi connectivity index (χ0v) is 5.66. The minimum Gasteiger partial charge on any atom is -0.371 e. The van der Waals surface area contributed by atoms with E-state index in [1.807, 2.05) is 0 Å². The lowest BCUT2D eigenvalue weighted by Gasteiger charge is -2.11. The highest BCUT2D eigenvalue weighted by molar-refractivity contribution is 4.34. The fraction of sp³-hybridized carbons (Fsp3) is 1.00. The lowest BCUT2D eigenvalue weighted by atomic mass is 10.7. The lowest BCUT2D eigenvalue weighted by molar-refractivity contribution is -0.156. The van der Waals surface area contributed by atoms with Crippen molar-refractivity contribution in [1.82, 2.24) is 0 Å². The lowest BCUT2D eigenvalue weighted by Crippen LogP contribution is -2.20. The molecule has 0 fully saturated rings. The third-order valence-electron chi connectivity index (χ3n) is 0.871. The van der Waals surface area contributed by atoms with Crippen LogP contribution < -0.4 is 0 Å². The molecule has 56 valence electrons. The van der Waals surface area contributed by atoms with Crippen LogP contribution in [0.15, 0.2) is 0 Å². The van der Waals surface area contributed by atoms with Crippen LogP contribution in [0.2, 0.25) is 0 Å². The highest BCUT2D eigenvalue weighted by atomic mass is 16.7. The average molecular weight is 136 g/mol. The molecule has 0 atom stereocenters. The summed E-state index contributed by atoms with van der Waals surface area (Å²) in [6.07, 6.45) is -0.378. The second-order valence-corrected chi connectivity index (χ2v) is 1.40. The molecule has 0 aliphatic heterocycles. The molecule has 0 unspecified atom stereocenters. The zero-order chi connectivity index (χ0) is 7.11. The van der Waals surface area contributed by atoms with Gasteiger partial charge in [-0.2, -0.15) is 0 Å². The molecule has 0 aromatic rings. The maximum atomic E-state index is 8.17. The van der Waals surface area contributed by atoms with Gasteiger partial charge in [0, 0.05) is 14.2 Å². The van der Waals surface area contributed by atoms with E-state index in [1.54, 1.807) is 0 Å². The Morgan fingerprint density at radius 2 is 1.89 bits per heavy atom. The summed E-state index contributed by atoms with van der Waals surface area (Å²) in [5, 5.41) is 8.17. The largest absolute Gasteiger partial charge is 0.371 e. The van der Waals surface area contributed by atoms with Crippen LogP contribution >= 0.6 is 0 Å². The van der Waals surface area contributed by atoms with E-state index in [0.29, 0.717) is 0 Å². The van der Waals surface area contributed by atoms with Crippen molar-refractivity contribution in [3.8, 4) is 0 Å². The summed E-state index contributed by atoms with van der Waals surface area (Å²) in [7, 11) is 3.02. The number of methoxy groups -OCH3 is 2. The Balaban J connectivity index is 3.09. The molecular formula is C5H12O4. The van der Waals surface area contributed by atoms with Gasteiger partial charge in [-0.15, -0.1) is 0 Å². The minimum absolute atomic E-state index is 0.253. The first-order valence-corrected chi connectivity index (χ1v) is 2.59. The van der Waals surface area contributed by atoms with E-state index in [0.717, 1.165) is 0 Å². The van der Waals surface area contributed by atoms with Crippen LogP contribution in [-0.4, -0.2) is 39.0 Å². The van der Waals surface area contributed by atoms with Crippen molar-refractivity contribution in [2.24, 2.45) is 0 Å². The molecule has 1 N–H and O–H groups in total. The van der Waals surface area contributed by atoms with Crippen LogP contribution in [0, 0.1) is 0 Å². The Morgan fingerprint density at radius 1 is 1.33 bits per heavy atom. The molecule has 0 radical (unpaired) electrons. The SMILES string of the molecule is COC(COCO)OC. The Hall–Kier alpha value is -0.160. The van der Waals surface area contributed by atoms with Crippen LogP contribution in [0.5, 0.6) is 0 Å². The van der Waals surface area contributed by atoms with E-state index in [9.17, 15) is 0 Å². The Kier molecular flexibility index (Phi) is 5.86. The summed E-state index contributed by atoms with van der Waals surface area (Å²) >= 11 is 0. The Labute approximate surface area is 54.3 Å². The molecule has 9 heavy (non-hydrogen) atoms. The maximum Gasteiger partial charge on any atom is 0.180 e. The molecule has 4 heteroatoms. The Morgan fingerprint density at radius 3 is 2.22 bits per heavy atom. The molecule has 4 nitrogen and oxygen atoms in total. The minimum atomic E-state index is -0.378. The summed E-state index contributed by atoms with van der Waals surface area (Å²) in [6, 6.07) is 0. The van der Waals surface area contributed by atoms with Crippen molar-refractivity contribution in [2.45, 2.75) is 6.29 Å². The van der Waals surface area contributed by atoms with Crippen molar-refractivity contribution in [1.29, 1.82) is 0 Å². The topological polar surface area (TPSA) is 47.9 Å². The van der Waals surface area contributed by atoms with Crippen molar-refractivity contribution in [3.05, 3.63) is 0 Å². The summed E-state index contributed by atoms with van der Waals surface area (Å²) in [6.45, 7) is -0.0489. The fourth-order valence-corrected chi connectivity index (χ4v) is 0.381. The summed E-state index contributed by atoms with van der Waals surface area (Å²) in [5.41, 5.74) is 0. The molecule has 0 amide bonds. The van der Waals surface area contributed by atoms with E-state index in [1.165, 1.54) is 14.2 Å². The quantitative estimate of drug-likeness (QED) is 0.521. The number of aliphatic hydroxyl groups is 1. The van der Waals surface area contributed by atoms with Gasteiger partial charge in [0.05, 0.1) is 0 Å². The summed E-state index contributed by atoms with van der Waals surface area (Å²) < 4.78 is 14.1. The normalized spacial score (nSPS) is 10.7. The molecule has 0 aromatic carbocycles. The first kappa shape index (κ1) is 8.84. The average Bonchev–Trinajstić information content (AvgIpc) is 1.91. The molecule has 0 rings (SSSR count). The van der Waals surface area contributed by atoms with Crippen molar-refractivity contribution in [3.63, 3.8) is 0 Å². The number of hydrogen-bond acceptors (Lipinski definition) is 4. The van der Waals surface area contributed by atoms with Crippen molar-refractivity contribution < 1.29 is 19.3 Å². The van der Waals surface area contributed by atoms with E-state index in [2.05, 4.69) is 4.74 Å². The predicted octanol–water partition coefficient (Wildman–Crippen LogP) is -0.428. The second kappa shape index (κ2) is 5.97. The van der Waals surface area contributed by atoms with Gasteiger partial charge in [-0.3, -0.25) is 0 Å². The summed E-state index contributed by atoms with van der Waals surface area (Å²) in [5.74, 6) is 0. The van der Waals surface area contributed by atoms with Crippen LogP contribution in [0.25, 0.3) is 0 Å². The van der Waals surface area contributed by atoms with Gasteiger partial charge in [0.2, 0.25) is 0 Å². The molecule has 0 bridgehead atoms. The standard InChI is InChI=1S/C5H12O4/c1-7-5(8-2)3-9-4-6/h5-6H,3-4H2,1-2H3. The molecule has 0 saturated heterocycles. The van der Waals surface area contributed by atoms with Gasteiger partial charge in [0.25, 0.3) is 0 Å². The molecule has 0 spiro atoms. The first-order valence-electron chi connectivity index (χ1n) is 2.59. The van der Waals surface area contributed by atoms with E-state index in [-0.39, 0.29) is 19.7 Å². The van der Waals surface area contributed by atoms with Gasteiger partial charge in [-0.1, -0.05) is 0 Å². The number of hydrogen-bond donors (Lipinski definition) is 1. The van der Waals surface area contributed by atoms with Gasteiger partial charge < -0.3 is 19.3 Å². The van der Waals surface area contributed by atoms with Gasteiger partial charge in [-0.05, 0) is 0 Å². The van der Waals surface area contributed by atoms with Crippen LogP contribution in [-0.2, 0) is 14.2 Å². The fourth-order valence-electron chi connectivity index (χ4n) is 0.381. The maximum absolute atomic E-state index is 8.17. The highest BCUT2D eigenvalue weighted by Gasteiger charge is 2.02. The molecule has 0 heterocycles. The Bertz CT molecular complexity index is 52.9. The van der Waals surface area contributed by atoms with Crippen molar-refractivity contribution >= 4 is 0 Å². The molecule has 0 aromatic heterocycles.